The lowest BCUT2D eigenvalue weighted by atomic mass is 10.1. The molecule has 0 radical (unpaired) electrons. The smallest absolute Gasteiger partial charge is 0.0897 e. The van der Waals surface area contributed by atoms with Gasteiger partial charge in [-0.3, -0.25) is 0 Å². The normalized spacial score (nSPS) is 26.3. The number of aliphatic hydroxyl groups is 2. The van der Waals surface area contributed by atoms with Gasteiger partial charge in [0.25, 0.3) is 0 Å². The van der Waals surface area contributed by atoms with E-state index in [0.29, 0.717) is 38.3 Å². The lowest BCUT2D eigenvalue weighted by Gasteiger charge is -2.21. The van der Waals surface area contributed by atoms with E-state index in [4.69, 9.17) is 14.6 Å². The minimum absolute atomic E-state index is 0.234. The van der Waals surface area contributed by atoms with Crippen molar-refractivity contribution in [3.63, 3.8) is 0 Å². The Morgan fingerprint density at radius 3 is 2.88 bits per heavy atom. The number of methoxy groups -OCH3 is 1. The second-order valence-electron chi connectivity index (χ2n) is 4.61. The Labute approximate surface area is 103 Å². The van der Waals surface area contributed by atoms with Gasteiger partial charge in [-0.2, -0.15) is 0 Å². The Kier molecular flexibility index (Phi) is 7.72. The minimum Gasteiger partial charge on any atom is -0.396 e. The van der Waals surface area contributed by atoms with Crippen molar-refractivity contribution in [2.24, 2.45) is 5.92 Å². The average Bonchev–Trinajstić information content (AvgIpc) is 2.79. The molecule has 102 valence electrons. The van der Waals surface area contributed by atoms with Crippen LogP contribution in [0, 0.1) is 5.92 Å². The largest absolute Gasteiger partial charge is 0.396 e. The molecular weight excluding hydrogens is 222 g/mol. The zero-order valence-corrected chi connectivity index (χ0v) is 10.6. The molecular formula is C12H25NO4. The Balaban J connectivity index is 2.04. The van der Waals surface area contributed by atoms with Crippen LogP contribution >= 0.6 is 0 Å². The number of hydrogen-bond acceptors (Lipinski definition) is 5. The second kappa shape index (κ2) is 8.83. The highest BCUT2D eigenvalue weighted by Crippen LogP contribution is 2.24. The van der Waals surface area contributed by atoms with E-state index >= 15 is 0 Å². The van der Waals surface area contributed by atoms with Crippen molar-refractivity contribution in [2.75, 3.05) is 40.1 Å². The highest BCUT2D eigenvalue weighted by molar-refractivity contribution is 4.83. The number of ether oxygens (including phenoxy) is 2. The Hall–Kier alpha value is -0.200. The van der Waals surface area contributed by atoms with Crippen LogP contribution in [-0.4, -0.2) is 62.4 Å². The quantitative estimate of drug-likeness (QED) is 0.491. The molecule has 3 N–H and O–H groups in total. The van der Waals surface area contributed by atoms with Crippen molar-refractivity contribution in [1.29, 1.82) is 0 Å². The summed E-state index contributed by atoms with van der Waals surface area (Å²) in [5.41, 5.74) is 0. The summed E-state index contributed by atoms with van der Waals surface area (Å²) in [7, 11) is 1.62. The van der Waals surface area contributed by atoms with Crippen LogP contribution in [0.1, 0.15) is 19.3 Å². The fraction of sp³-hybridized carbons (Fsp3) is 1.00. The lowest BCUT2D eigenvalue weighted by Crippen LogP contribution is -2.40. The fourth-order valence-electron chi connectivity index (χ4n) is 2.23. The van der Waals surface area contributed by atoms with Crippen LogP contribution in [0.4, 0.5) is 0 Å². The van der Waals surface area contributed by atoms with E-state index in [2.05, 4.69) is 5.32 Å². The number of rotatable bonds is 9. The second-order valence-corrected chi connectivity index (χ2v) is 4.61. The van der Waals surface area contributed by atoms with E-state index in [1.165, 1.54) is 0 Å². The standard InChI is InChI=1S/C12H25NO4/c1-16-5-6-17-9-11(15)7-13-12-4-2-3-10(12)8-14/h10-15H,2-9H2,1H3. The van der Waals surface area contributed by atoms with Crippen molar-refractivity contribution in [1.82, 2.24) is 5.32 Å². The van der Waals surface area contributed by atoms with Crippen molar-refractivity contribution in [2.45, 2.75) is 31.4 Å². The Morgan fingerprint density at radius 2 is 2.18 bits per heavy atom. The third kappa shape index (κ3) is 5.79. The minimum atomic E-state index is -0.494. The SMILES string of the molecule is COCCOCC(O)CNC1CCCC1CO. The molecule has 0 heterocycles. The fourth-order valence-corrected chi connectivity index (χ4v) is 2.23. The topological polar surface area (TPSA) is 71.0 Å². The molecule has 5 nitrogen and oxygen atoms in total. The van der Waals surface area contributed by atoms with Gasteiger partial charge < -0.3 is 25.0 Å². The number of hydrogen-bond donors (Lipinski definition) is 3. The van der Waals surface area contributed by atoms with Gasteiger partial charge in [0, 0.05) is 26.3 Å². The van der Waals surface area contributed by atoms with Crippen molar-refractivity contribution >= 4 is 0 Å². The maximum atomic E-state index is 9.68. The summed E-state index contributed by atoms with van der Waals surface area (Å²) < 4.78 is 10.1. The van der Waals surface area contributed by atoms with Gasteiger partial charge in [0.05, 0.1) is 25.9 Å². The first-order valence-electron chi connectivity index (χ1n) is 6.37. The zero-order chi connectivity index (χ0) is 12.5. The highest BCUT2D eigenvalue weighted by Gasteiger charge is 2.26. The summed E-state index contributed by atoms with van der Waals surface area (Å²) in [5.74, 6) is 0.344. The summed E-state index contributed by atoms with van der Waals surface area (Å²) in [4.78, 5) is 0. The Morgan fingerprint density at radius 1 is 1.35 bits per heavy atom. The molecule has 1 aliphatic rings. The highest BCUT2D eigenvalue weighted by atomic mass is 16.5. The molecule has 1 fully saturated rings. The summed E-state index contributed by atoms with van der Waals surface area (Å²) >= 11 is 0. The number of aliphatic hydroxyl groups excluding tert-OH is 2. The predicted octanol–water partition coefficient (Wildman–Crippen LogP) is -0.239. The molecule has 0 aromatic rings. The van der Waals surface area contributed by atoms with E-state index in [0.717, 1.165) is 19.3 Å². The summed E-state index contributed by atoms with van der Waals surface area (Å²) in [6.45, 7) is 2.14. The maximum absolute atomic E-state index is 9.68. The summed E-state index contributed by atoms with van der Waals surface area (Å²) in [5, 5.41) is 22.1. The van der Waals surface area contributed by atoms with Crippen molar-refractivity contribution in [3.05, 3.63) is 0 Å². The van der Waals surface area contributed by atoms with E-state index < -0.39 is 6.10 Å². The molecule has 1 aliphatic carbocycles. The molecule has 0 aromatic carbocycles. The van der Waals surface area contributed by atoms with Crippen molar-refractivity contribution < 1.29 is 19.7 Å². The van der Waals surface area contributed by atoms with Gasteiger partial charge in [0.2, 0.25) is 0 Å². The van der Waals surface area contributed by atoms with Gasteiger partial charge in [0.1, 0.15) is 0 Å². The van der Waals surface area contributed by atoms with Crippen LogP contribution < -0.4 is 5.32 Å². The maximum Gasteiger partial charge on any atom is 0.0897 e. The molecule has 0 spiro atoms. The first-order valence-corrected chi connectivity index (χ1v) is 6.37. The first kappa shape index (κ1) is 14.9. The first-order chi connectivity index (χ1) is 8.27. The predicted molar refractivity (Wildman–Crippen MR) is 64.9 cm³/mol. The van der Waals surface area contributed by atoms with Crippen LogP contribution in [0.15, 0.2) is 0 Å². The lowest BCUT2D eigenvalue weighted by molar-refractivity contribution is 0.0121. The molecule has 0 amide bonds. The van der Waals surface area contributed by atoms with Gasteiger partial charge >= 0.3 is 0 Å². The zero-order valence-electron chi connectivity index (χ0n) is 10.6. The van der Waals surface area contributed by atoms with Crippen LogP contribution in [0.25, 0.3) is 0 Å². The molecule has 0 aliphatic heterocycles. The van der Waals surface area contributed by atoms with E-state index in [1.807, 2.05) is 0 Å². The molecule has 0 saturated heterocycles. The van der Waals surface area contributed by atoms with Crippen LogP contribution in [0.2, 0.25) is 0 Å². The third-order valence-electron chi connectivity index (χ3n) is 3.25. The molecule has 3 unspecified atom stereocenters. The number of nitrogens with one attached hydrogen (secondary N) is 1. The molecule has 0 bridgehead atoms. The van der Waals surface area contributed by atoms with Gasteiger partial charge in [-0.05, 0) is 18.8 Å². The summed E-state index contributed by atoms with van der Waals surface area (Å²) in [6.07, 6.45) is 2.83. The van der Waals surface area contributed by atoms with Crippen LogP contribution in [0.5, 0.6) is 0 Å². The third-order valence-corrected chi connectivity index (χ3v) is 3.25. The molecule has 5 heteroatoms. The molecule has 3 atom stereocenters. The van der Waals surface area contributed by atoms with Gasteiger partial charge in [-0.1, -0.05) is 6.42 Å². The molecule has 17 heavy (non-hydrogen) atoms. The van der Waals surface area contributed by atoms with Crippen LogP contribution in [-0.2, 0) is 9.47 Å². The van der Waals surface area contributed by atoms with E-state index in [-0.39, 0.29) is 6.61 Å². The van der Waals surface area contributed by atoms with Crippen molar-refractivity contribution in [3.8, 4) is 0 Å². The molecule has 0 aromatic heterocycles. The summed E-state index contributed by atoms with van der Waals surface area (Å²) in [6, 6.07) is 0.341. The molecule has 1 rings (SSSR count). The van der Waals surface area contributed by atoms with Gasteiger partial charge in [-0.25, -0.2) is 0 Å². The van der Waals surface area contributed by atoms with Gasteiger partial charge in [0.15, 0.2) is 0 Å². The van der Waals surface area contributed by atoms with Gasteiger partial charge in [-0.15, -0.1) is 0 Å². The molecule has 1 saturated carbocycles. The Bertz CT molecular complexity index is 191. The van der Waals surface area contributed by atoms with E-state index in [1.54, 1.807) is 7.11 Å². The van der Waals surface area contributed by atoms with E-state index in [9.17, 15) is 5.11 Å². The average molecular weight is 247 g/mol. The monoisotopic (exact) mass is 247 g/mol. The van der Waals surface area contributed by atoms with Crippen LogP contribution in [0.3, 0.4) is 0 Å².